The van der Waals surface area contributed by atoms with Crippen molar-refractivity contribution in [3.8, 4) is 0 Å². The molecule has 4 unspecified atom stereocenters. The quantitative estimate of drug-likeness (QED) is 0.610. The van der Waals surface area contributed by atoms with Crippen LogP contribution in [0.4, 0.5) is 0 Å². The zero-order valence-corrected chi connectivity index (χ0v) is 20.7. The zero-order valence-electron chi connectivity index (χ0n) is 20.7. The Kier molecular flexibility index (Phi) is 6.57. The molecule has 4 fully saturated rings. The maximum absolute atomic E-state index is 14.0. The van der Waals surface area contributed by atoms with Gasteiger partial charge in [0, 0.05) is 23.7 Å². The number of esters is 1. The van der Waals surface area contributed by atoms with Crippen molar-refractivity contribution in [3.63, 3.8) is 0 Å². The van der Waals surface area contributed by atoms with Crippen LogP contribution in [-0.2, 0) is 14.3 Å². The molecular formula is C27H44O5. The third kappa shape index (κ3) is 3.48. The summed E-state index contributed by atoms with van der Waals surface area (Å²) in [6.45, 7) is 8.93. The number of rotatable bonds is 5. The average Bonchev–Trinajstić information content (AvgIpc) is 3.12. The molecular weight excluding hydrogens is 404 g/mol. The summed E-state index contributed by atoms with van der Waals surface area (Å²) in [6, 6.07) is 0. The molecule has 11 atom stereocenters. The standard InChI is InChI=1S/C27H44O5/c1-6-17-20-13-16(28)11-12-26(20,3)21-14-22(29)27(4)18(15(2)7-10-23(30)32-5)8-9-19(27)24(21)25(17)31/h15-22,24,28-29H,6-14H2,1-5H3/t15-,16-,17-,18?,19?,20+,21?,22+,24?,26+,27-/m1/s1. The van der Waals surface area contributed by atoms with Crippen molar-refractivity contribution in [2.24, 2.45) is 52.3 Å². The van der Waals surface area contributed by atoms with Gasteiger partial charge in [-0.05, 0) is 86.4 Å². The third-order valence-electron chi connectivity index (χ3n) is 11.0. The van der Waals surface area contributed by atoms with Crippen molar-refractivity contribution in [2.45, 2.75) is 97.7 Å². The fraction of sp³-hybridized carbons (Fsp3) is 0.926. The average molecular weight is 449 g/mol. The molecule has 2 N–H and O–H groups in total. The molecule has 0 radical (unpaired) electrons. The number of fused-ring (bicyclic) bond motifs is 5. The van der Waals surface area contributed by atoms with Gasteiger partial charge >= 0.3 is 5.97 Å². The lowest BCUT2D eigenvalue weighted by Crippen LogP contribution is -2.63. The molecule has 5 heteroatoms. The largest absolute Gasteiger partial charge is 0.469 e. The number of methoxy groups -OCH3 is 1. The smallest absolute Gasteiger partial charge is 0.305 e. The molecule has 4 aliphatic carbocycles. The van der Waals surface area contributed by atoms with E-state index in [9.17, 15) is 19.8 Å². The van der Waals surface area contributed by atoms with E-state index >= 15 is 0 Å². The Morgan fingerprint density at radius 2 is 1.84 bits per heavy atom. The van der Waals surface area contributed by atoms with Crippen molar-refractivity contribution in [1.82, 2.24) is 0 Å². The fourth-order valence-corrected chi connectivity index (χ4v) is 9.22. The monoisotopic (exact) mass is 448 g/mol. The van der Waals surface area contributed by atoms with Gasteiger partial charge in [0.15, 0.2) is 0 Å². The van der Waals surface area contributed by atoms with Crippen LogP contribution in [0.1, 0.15) is 85.5 Å². The highest BCUT2D eigenvalue weighted by Crippen LogP contribution is 2.68. The maximum Gasteiger partial charge on any atom is 0.305 e. The second-order valence-corrected chi connectivity index (χ2v) is 12.1. The van der Waals surface area contributed by atoms with Crippen molar-refractivity contribution < 1.29 is 24.5 Å². The molecule has 182 valence electrons. The van der Waals surface area contributed by atoms with Crippen LogP contribution in [-0.4, -0.2) is 41.3 Å². The van der Waals surface area contributed by atoms with E-state index in [2.05, 4.69) is 27.7 Å². The third-order valence-corrected chi connectivity index (χ3v) is 11.0. The molecule has 0 amide bonds. The molecule has 0 bridgehead atoms. The lowest BCUT2D eigenvalue weighted by molar-refractivity contribution is -0.192. The summed E-state index contributed by atoms with van der Waals surface area (Å²) in [4.78, 5) is 25.7. The topological polar surface area (TPSA) is 83.8 Å². The summed E-state index contributed by atoms with van der Waals surface area (Å²) in [6.07, 6.45) is 6.53. The van der Waals surface area contributed by atoms with Crippen molar-refractivity contribution in [2.75, 3.05) is 7.11 Å². The Balaban J connectivity index is 1.64. The lowest BCUT2D eigenvalue weighted by atomic mass is 9.41. The van der Waals surface area contributed by atoms with Crippen LogP contribution in [0.3, 0.4) is 0 Å². The molecule has 4 saturated carbocycles. The van der Waals surface area contributed by atoms with E-state index in [4.69, 9.17) is 4.74 Å². The number of hydrogen-bond acceptors (Lipinski definition) is 5. The number of ether oxygens (including phenoxy) is 1. The Morgan fingerprint density at radius 1 is 1.12 bits per heavy atom. The lowest BCUT2D eigenvalue weighted by Gasteiger charge is -2.63. The highest BCUT2D eigenvalue weighted by molar-refractivity contribution is 5.86. The van der Waals surface area contributed by atoms with Crippen LogP contribution in [0, 0.1) is 52.3 Å². The number of Topliss-reactive ketones (excluding diaryl/α,β-unsaturated/α-hetero) is 1. The first-order valence-electron chi connectivity index (χ1n) is 13.1. The van der Waals surface area contributed by atoms with E-state index in [1.54, 1.807) is 0 Å². The number of carbonyl (C=O) groups excluding carboxylic acids is 2. The normalized spacial score (nSPS) is 49.0. The van der Waals surface area contributed by atoms with E-state index in [1.807, 2.05) is 0 Å². The Morgan fingerprint density at radius 3 is 2.50 bits per heavy atom. The molecule has 0 aromatic carbocycles. The molecule has 4 rings (SSSR count). The summed E-state index contributed by atoms with van der Waals surface area (Å²) in [7, 11) is 1.43. The molecule has 0 aromatic rings. The first-order chi connectivity index (χ1) is 15.1. The van der Waals surface area contributed by atoms with Gasteiger partial charge in [0.2, 0.25) is 0 Å². The van der Waals surface area contributed by atoms with Crippen molar-refractivity contribution in [3.05, 3.63) is 0 Å². The Labute approximate surface area is 193 Å². The Hall–Kier alpha value is -0.940. The van der Waals surface area contributed by atoms with E-state index in [0.717, 1.165) is 44.9 Å². The molecule has 0 spiro atoms. The van der Waals surface area contributed by atoms with Crippen molar-refractivity contribution in [1.29, 1.82) is 0 Å². The minimum Gasteiger partial charge on any atom is -0.469 e. The molecule has 0 aromatic heterocycles. The number of carbonyl (C=O) groups is 2. The minimum absolute atomic E-state index is 0.0232. The van der Waals surface area contributed by atoms with Gasteiger partial charge in [0.05, 0.1) is 19.3 Å². The van der Waals surface area contributed by atoms with Gasteiger partial charge in [0.1, 0.15) is 5.78 Å². The van der Waals surface area contributed by atoms with Gasteiger partial charge in [0.25, 0.3) is 0 Å². The molecule has 32 heavy (non-hydrogen) atoms. The van der Waals surface area contributed by atoms with E-state index < -0.39 is 6.10 Å². The summed E-state index contributed by atoms with van der Waals surface area (Å²) >= 11 is 0. The van der Waals surface area contributed by atoms with E-state index in [-0.39, 0.29) is 52.5 Å². The second-order valence-electron chi connectivity index (χ2n) is 12.1. The second kappa shape index (κ2) is 8.69. The summed E-state index contributed by atoms with van der Waals surface area (Å²) in [5.41, 5.74) is -0.253. The first kappa shape index (κ1) is 24.2. The highest BCUT2D eigenvalue weighted by Gasteiger charge is 2.67. The molecule has 0 saturated heterocycles. The van der Waals surface area contributed by atoms with Crippen LogP contribution in [0.5, 0.6) is 0 Å². The van der Waals surface area contributed by atoms with Gasteiger partial charge in [-0.3, -0.25) is 9.59 Å². The predicted octanol–water partition coefficient (Wildman–Crippen LogP) is 4.38. The van der Waals surface area contributed by atoms with E-state index in [1.165, 1.54) is 7.11 Å². The van der Waals surface area contributed by atoms with Crippen LogP contribution < -0.4 is 0 Å². The molecule has 5 nitrogen and oxygen atoms in total. The van der Waals surface area contributed by atoms with Gasteiger partial charge in [-0.25, -0.2) is 0 Å². The van der Waals surface area contributed by atoms with E-state index in [0.29, 0.717) is 30.5 Å². The van der Waals surface area contributed by atoms with Gasteiger partial charge in [-0.1, -0.05) is 27.7 Å². The fourth-order valence-electron chi connectivity index (χ4n) is 9.22. The number of hydrogen-bond donors (Lipinski definition) is 2. The van der Waals surface area contributed by atoms with Crippen LogP contribution in [0.25, 0.3) is 0 Å². The molecule has 0 heterocycles. The first-order valence-corrected chi connectivity index (χ1v) is 13.1. The van der Waals surface area contributed by atoms with Crippen LogP contribution >= 0.6 is 0 Å². The number of aliphatic hydroxyl groups is 2. The maximum atomic E-state index is 14.0. The SMILES string of the molecule is CC[C@H]1C(=O)C2C3CCC([C@H](C)CCC(=O)OC)[C@@]3(C)[C@@H](O)CC2[C@@]2(C)CC[C@@H](O)C[C@@H]12. The molecule has 0 aliphatic heterocycles. The summed E-state index contributed by atoms with van der Waals surface area (Å²) in [5, 5.41) is 22.0. The van der Waals surface area contributed by atoms with Gasteiger partial charge in [-0.2, -0.15) is 0 Å². The minimum atomic E-state index is -0.419. The highest BCUT2D eigenvalue weighted by atomic mass is 16.5. The number of ketones is 1. The summed E-state index contributed by atoms with van der Waals surface area (Å²) < 4.78 is 4.84. The Bertz CT molecular complexity index is 736. The predicted molar refractivity (Wildman–Crippen MR) is 123 cm³/mol. The van der Waals surface area contributed by atoms with Crippen LogP contribution in [0.15, 0.2) is 0 Å². The van der Waals surface area contributed by atoms with Gasteiger partial charge < -0.3 is 14.9 Å². The van der Waals surface area contributed by atoms with Gasteiger partial charge in [-0.15, -0.1) is 0 Å². The molecule has 4 aliphatic rings. The number of aliphatic hydroxyl groups excluding tert-OH is 2. The zero-order chi connectivity index (χ0) is 23.4. The summed E-state index contributed by atoms with van der Waals surface area (Å²) in [5.74, 6) is 1.60. The van der Waals surface area contributed by atoms with Crippen molar-refractivity contribution >= 4 is 11.8 Å². The van der Waals surface area contributed by atoms with Crippen LogP contribution in [0.2, 0.25) is 0 Å².